The summed E-state index contributed by atoms with van der Waals surface area (Å²) < 4.78 is 5.72. The highest BCUT2D eigenvalue weighted by atomic mass is 16.6. The van der Waals surface area contributed by atoms with Crippen molar-refractivity contribution in [3.63, 3.8) is 0 Å². The molecule has 4 aliphatic carbocycles. The molecule has 0 bridgehead atoms. The molecule has 5 fully saturated rings. The second-order valence-electron chi connectivity index (χ2n) is 13.4. The Bertz CT molecular complexity index is 641. The van der Waals surface area contributed by atoms with Gasteiger partial charge in [0.05, 0.1) is 18.3 Å². The molecule has 0 aromatic carbocycles. The molecule has 172 valence electrons. The van der Waals surface area contributed by atoms with Crippen LogP contribution in [0, 0.1) is 52.3 Å². The van der Waals surface area contributed by atoms with Gasteiger partial charge in [-0.3, -0.25) is 0 Å². The monoisotopic (exact) mass is 416 g/mol. The Kier molecular flexibility index (Phi) is 5.42. The molecule has 1 unspecified atom stereocenters. The van der Waals surface area contributed by atoms with Gasteiger partial charge in [-0.15, -0.1) is 0 Å². The summed E-state index contributed by atoms with van der Waals surface area (Å²) >= 11 is 0. The first kappa shape index (κ1) is 21.7. The molecule has 0 spiro atoms. The highest BCUT2D eigenvalue weighted by Crippen LogP contribution is 2.68. The van der Waals surface area contributed by atoms with Gasteiger partial charge in [0.2, 0.25) is 0 Å². The fourth-order valence-corrected chi connectivity index (χ4v) is 9.63. The summed E-state index contributed by atoms with van der Waals surface area (Å²) in [6.45, 7) is 13.6. The molecule has 1 N–H and O–H groups in total. The Morgan fingerprint density at radius 1 is 0.867 bits per heavy atom. The van der Waals surface area contributed by atoms with E-state index in [-0.39, 0.29) is 11.7 Å². The standard InChI is InChI=1S/C28H48O2/c1-18(6-7-19(2)28(5)17-30-28)23-10-11-24-22-9-8-20-16-21(29)12-14-26(20,3)25(22)13-15-27(23,24)4/h18-25,29H,6-17H2,1-5H3/t18-,19-,20+,21+,22+,23-,24+,25+,26+,27-,28?/m1/s1. The van der Waals surface area contributed by atoms with Crippen molar-refractivity contribution in [3.05, 3.63) is 0 Å². The molecule has 1 heterocycles. The fraction of sp³-hybridized carbons (Fsp3) is 1.00. The molecule has 0 radical (unpaired) electrons. The number of fused-ring (bicyclic) bond motifs is 5. The van der Waals surface area contributed by atoms with Gasteiger partial charge in [0.15, 0.2) is 0 Å². The number of hydrogen-bond acceptors (Lipinski definition) is 2. The average Bonchev–Trinajstić information content (AvgIpc) is 3.36. The molecule has 4 saturated carbocycles. The van der Waals surface area contributed by atoms with Crippen molar-refractivity contribution in [1.82, 2.24) is 0 Å². The Labute approximate surface area is 185 Å². The molecule has 2 nitrogen and oxygen atoms in total. The van der Waals surface area contributed by atoms with Gasteiger partial charge >= 0.3 is 0 Å². The lowest BCUT2D eigenvalue weighted by atomic mass is 9.44. The molecular weight excluding hydrogens is 368 g/mol. The van der Waals surface area contributed by atoms with E-state index in [1.54, 1.807) is 0 Å². The van der Waals surface area contributed by atoms with E-state index in [1.807, 2.05) is 0 Å². The van der Waals surface area contributed by atoms with Crippen LogP contribution in [-0.2, 0) is 4.74 Å². The van der Waals surface area contributed by atoms with Crippen molar-refractivity contribution in [1.29, 1.82) is 0 Å². The molecule has 0 amide bonds. The van der Waals surface area contributed by atoms with E-state index in [4.69, 9.17) is 4.74 Å². The Hall–Kier alpha value is -0.0800. The molecule has 5 aliphatic rings. The second-order valence-corrected chi connectivity index (χ2v) is 13.4. The quantitative estimate of drug-likeness (QED) is 0.497. The number of aliphatic hydroxyl groups is 1. The number of rotatable bonds is 5. The SMILES string of the molecule is C[C@H](CC[C@@H](C)C1(C)CO1)[C@H]1CC[C@H]2[C@@H]3CC[C@H]4C[C@@H](O)CC[C@]4(C)[C@H]3CC[C@]12C. The lowest BCUT2D eigenvalue weighted by Gasteiger charge is -2.61. The number of aliphatic hydroxyl groups excluding tert-OH is 1. The van der Waals surface area contributed by atoms with Gasteiger partial charge in [-0.05, 0) is 123 Å². The number of epoxide rings is 1. The molecule has 1 saturated heterocycles. The van der Waals surface area contributed by atoms with Crippen LogP contribution in [-0.4, -0.2) is 23.4 Å². The van der Waals surface area contributed by atoms with Gasteiger partial charge in [-0.1, -0.05) is 34.1 Å². The Morgan fingerprint density at radius 2 is 1.57 bits per heavy atom. The van der Waals surface area contributed by atoms with E-state index in [9.17, 15) is 5.11 Å². The van der Waals surface area contributed by atoms with Gasteiger partial charge in [0.1, 0.15) is 0 Å². The van der Waals surface area contributed by atoms with Crippen LogP contribution < -0.4 is 0 Å². The van der Waals surface area contributed by atoms with Crippen LogP contribution in [0.5, 0.6) is 0 Å². The Morgan fingerprint density at radius 3 is 2.30 bits per heavy atom. The largest absolute Gasteiger partial charge is 0.393 e. The van der Waals surface area contributed by atoms with E-state index in [1.165, 1.54) is 57.8 Å². The van der Waals surface area contributed by atoms with Crippen molar-refractivity contribution in [2.45, 2.75) is 117 Å². The van der Waals surface area contributed by atoms with Crippen molar-refractivity contribution in [2.75, 3.05) is 6.61 Å². The minimum absolute atomic E-state index is 0.0177. The zero-order valence-electron chi connectivity index (χ0n) is 20.5. The van der Waals surface area contributed by atoms with Gasteiger partial charge < -0.3 is 9.84 Å². The summed E-state index contributed by atoms with van der Waals surface area (Å²) in [6.07, 6.45) is 14.9. The van der Waals surface area contributed by atoms with Crippen molar-refractivity contribution in [3.8, 4) is 0 Å². The normalized spacial score (nSPS) is 54.6. The number of ether oxygens (including phenoxy) is 1. The predicted octanol–water partition coefficient (Wildman–Crippen LogP) is 6.85. The zero-order chi connectivity index (χ0) is 21.3. The lowest BCUT2D eigenvalue weighted by Crippen LogP contribution is -2.54. The third-order valence-corrected chi connectivity index (χ3v) is 12.1. The van der Waals surface area contributed by atoms with Crippen LogP contribution in [0.2, 0.25) is 0 Å². The van der Waals surface area contributed by atoms with E-state index in [2.05, 4.69) is 34.6 Å². The van der Waals surface area contributed by atoms with Crippen LogP contribution >= 0.6 is 0 Å². The highest BCUT2D eigenvalue weighted by Gasteiger charge is 2.60. The van der Waals surface area contributed by atoms with Crippen LogP contribution in [0.3, 0.4) is 0 Å². The highest BCUT2D eigenvalue weighted by molar-refractivity contribution is 5.09. The van der Waals surface area contributed by atoms with E-state index >= 15 is 0 Å². The molecular formula is C28H48O2. The predicted molar refractivity (Wildman–Crippen MR) is 123 cm³/mol. The zero-order valence-corrected chi connectivity index (χ0v) is 20.5. The maximum atomic E-state index is 10.3. The third-order valence-electron chi connectivity index (χ3n) is 12.1. The topological polar surface area (TPSA) is 32.8 Å². The first-order valence-electron chi connectivity index (χ1n) is 13.5. The fourth-order valence-electron chi connectivity index (χ4n) is 9.63. The molecule has 0 aromatic heterocycles. The maximum Gasteiger partial charge on any atom is 0.0913 e. The van der Waals surface area contributed by atoms with E-state index in [0.717, 1.165) is 55.0 Å². The molecule has 2 heteroatoms. The summed E-state index contributed by atoms with van der Waals surface area (Å²) in [6, 6.07) is 0. The van der Waals surface area contributed by atoms with Gasteiger partial charge in [-0.25, -0.2) is 0 Å². The van der Waals surface area contributed by atoms with Crippen molar-refractivity contribution < 1.29 is 9.84 Å². The average molecular weight is 417 g/mol. The summed E-state index contributed by atoms with van der Waals surface area (Å²) in [5.74, 6) is 6.15. The summed E-state index contributed by atoms with van der Waals surface area (Å²) in [5, 5.41) is 10.3. The smallest absolute Gasteiger partial charge is 0.0913 e. The van der Waals surface area contributed by atoms with E-state index in [0.29, 0.717) is 16.7 Å². The minimum Gasteiger partial charge on any atom is -0.393 e. The summed E-state index contributed by atoms with van der Waals surface area (Å²) in [7, 11) is 0. The first-order valence-corrected chi connectivity index (χ1v) is 13.5. The van der Waals surface area contributed by atoms with Crippen LogP contribution in [0.15, 0.2) is 0 Å². The number of hydrogen-bond donors (Lipinski definition) is 1. The van der Waals surface area contributed by atoms with Crippen LogP contribution in [0.4, 0.5) is 0 Å². The van der Waals surface area contributed by atoms with Crippen molar-refractivity contribution in [2.24, 2.45) is 52.3 Å². The van der Waals surface area contributed by atoms with Gasteiger partial charge in [0.25, 0.3) is 0 Å². The van der Waals surface area contributed by atoms with Crippen molar-refractivity contribution >= 4 is 0 Å². The maximum absolute atomic E-state index is 10.3. The molecule has 5 rings (SSSR count). The van der Waals surface area contributed by atoms with E-state index < -0.39 is 0 Å². The summed E-state index contributed by atoms with van der Waals surface area (Å²) in [5.41, 5.74) is 1.30. The third kappa shape index (κ3) is 3.33. The second kappa shape index (κ2) is 7.47. The molecule has 11 atom stereocenters. The minimum atomic E-state index is -0.0177. The van der Waals surface area contributed by atoms with Gasteiger partial charge in [0, 0.05) is 0 Å². The first-order chi connectivity index (χ1) is 14.2. The Balaban J connectivity index is 1.27. The summed E-state index contributed by atoms with van der Waals surface area (Å²) in [4.78, 5) is 0. The van der Waals surface area contributed by atoms with Crippen LogP contribution in [0.25, 0.3) is 0 Å². The molecule has 0 aromatic rings. The molecule has 1 aliphatic heterocycles. The van der Waals surface area contributed by atoms with Gasteiger partial charge in [-0.2, -0.15) is 0 Å². The lowest BCUT2D eigenvalue weighted by molar-refractivity contribution is -0.129. The van der Waals surface area contributed by atoms with Crippen LogP contribution in [0.1, 0.15) is 105 Å². The molecule has 30 heavy (non-hydrogen) atoms.